The number of benzene rings is 1. The van der Waals surface area contributed by atoms with E-state index in [1.165, 1.54) is 34.9 Å². The van der Waals surface area contributed by atoms with Crippen LogP contribution < -0.4 is 10.2 Å². The standard InChI is InChI=1S/C36H49ClN2O10S2/c1-19-9-8-10-28(42)36(46)18-27(47-33(45)38-36)22(4)34(5)35(6,49-34)29(48-32(44)21(3)20(2)14-24(40)11-12-51-50)17-30(43)39(7)25-15-23(13-19)16-26(41)31(25)37/h8-10,15-16,20-22,27-29,41-42,46,50H,11-14,17-18H2,1-7H3,(H,38,45). The van der Waals surface area contributed by atoms with Crippen molar-refractivity contribution in [2.75, 3.05) is 17.7 Å². The molecule has 0 aliphatic carbocycles. The van der Waals surface area contributed by atoms with Crippen LogP contribution in [0.5, 0.6) is 5.75 Å². The molecule has 2 saturated heterocycles. The summed E-state index contributed by atoms with van der Waals surface area (Å²) in [5.74, 6) is -2.48. The Morgan fingerprint density at radius 2 is 1.92 bits per heavy atom. The van der Waals surface area contributed by atoms with Crippen LogP contribution in [-0.2, 0) is 35.0 Å². The number of anilines is 1. The molecule has 3 heterocycles. The van der Waals surface area contributed by atoms with Crippen LogP contribution in [0.25, 0.3) is 0 Å². The van der Waals surface area contributed by atoms with Gasteiger partial charge in [-0.2, -0.15) is 0 Å². The number of aliphatic hydroxyl groups excluding tert-OH is 1. The number of esters is 1. The van der Waals surface area contributed by atoms with Crippen LogP contribution >= 0.6 is 34.1 Å². The molecule has 1 aromatic rings. The van der Waals surface area contributed by atoms with Gasteiger partial charge in [0, 0.05) is 38.0 Å². The zero-order valence-electron chi connectivity index (χ0n) is 30.0. The first kappa shape index (κ1) is 41.0. The third-order valence-corrected chi connectivity index (χ3v) is 12.2. The van der Waals surface area contributed by atoms with Crippen molar-refractivity contribution in [2.24, 2.45) is 17.8 Å². The number of phenols is 1. The van der Waals surface area contributed by atoms with Crippen molar-refractivity contribution in [3.8, 4) is 5.75 Å². The summed E-state index contributed by atoms with van der Waals surface area (Å²) in [6.07, 6.45) is 0.346. The molecule has 0 saturated carbocycles. The number of ketones is 1. The fraction of sp³-hybridized carbons (Fsp3) is 0.611. The highest BCUT2D eigenvalue weighted by atomic mass is 35.5. The molecule has 2 fully saturated rings. The number of carbonyl (C=O) groups excluding carboxylic acids is 4. The number of thiol groups is 1. The molecule has 9 unspecified atom stereocenters. The van der Waals surface area contributed by atoms with Crippen LogP contribution in [0.2, 0.25) is 5.02 Å². The van der Waals surface area contributed by atoms with Gasteiger partial charge in [-0.15, -0.1) is 11.7 Å². The predicted octanol–water partition coefficient (Wildman–Crippen LogP) is 5.30. The fourth-order valence-electron chi connectivity index (χ4n) is 6.83. The average molecular weight is 769 g/mol. The van der Waals surface area contributed by atoms with E-state index < -0.39 is 65.0 Å². The summed E-state index contributed by atoms with van der Waals surface area (Å²) >= 11 is 10.6. The van der Waals surface area contributed by atoms with Gasteiger partial charge in [0.15, 0.2) is 5.72 Å². The fourth-order valence-corrected chi connectivity index (χ4v) is 7.66. The summed E-state index contributed by atoms with van der Waals surface area (Å²) in [6.45, 7) is 10.5. The second kappa shape index (κ2) is 16.1. The smallest absolute Gasteiger partial charge is 0.409 e. The number of nitrogens with one attached hydrogen (secondary N) is 1. The maximum atomic E-state index is 14.0. The number of rotatable bonds is 8. The van der Waals surface area contributed by atoms with Gasteiger partial charge >= 0.3 is 12.1 Å². The largest absolute Gasteiger partial charge is 0.506 e. The molecule has 9 atom stereocenters. The highest BCUT2D eigenvalue weighted by Gasteiger charge is 2.73. The van der Waals surface area contributed by atoms with Crippen LogP contribution in [0.1, 0.15) is 72.8 Å². The van der Waals surface area contributed by atoms with Crippen molar-refractivity contribution in [2.45, 2.75) is 109 Å². The van der Waals surface area contributed by atoms with E-state index in [0.717, 1.165) is 5.57 Å². The number of halogens is 1. The molecule has 15 heteroatoms. The molecule has 0 spiro atoms. The van der Waals surface area contributed by atoms with Crippen LogP contribution in [0, 0.1) is 17.8 Å². The van der Waals surface area contributed by atoms with Gasteiger partial charge in [-0.05, 0) is 50.8 Å². The molecule has 3 aliphatic heterocycles. The van der Waals surface area contributed by atoms with Crippen LogP contribution in [0.15, 0.2) is 35.9 Å². The van der Waals surface area contributed by atoms with Gasteiger partial charge < -0.3 is 34.4 Å². The number of phenolic OH excluding ortho intramolecular Hbond substituents is 1. The Morgan fingerprint density at radius 3 is 2.59 bits per heavy atom. The third-order valence-electron chi connectivity index (χ3n) is 10.8. The molecule has 1 aromatic carbocycles. The summed E-state index contributed by atoms with van der Waals surface area (Å²) in [4.78, 5) is 54.3. The van der Waals surface area contributed by atoms with E-state index in [2.05, 4.69) is 17.0 Å². The Morgan fingerprint density at radius 1 is 1.24 bits per heavy atom. The molecule has 4 rings (SSSR count). The van der Waals surface area contributed by atoms with E-state index in [4.69, 9.17) is 25.8 Å². The number of hydrogen-bond acceptors (Lipinski definition) is 12. The number of aliphatic hydroxyl groups is 2. The average Bonchev–Trinajstić information content (AvgIpc) is 3.65. The molecule has 4 N–H and O–H groups in total. The minimum atomic E-state index is -2.08. The lowest BCUT2D eigenvalue weighted by Gasteiger charge is -2.42. The number of carbonyl (C=O) groups is 4. The summed E-state index contributed by atoms with van der Waals surface area (Å²) in [6, 6.07) is 3.17. The molecule has 4 bridgehead atoms. The van der Waals surface area contributed by atoms with E-state index in [-0.39, 0.29) is 47.4 Å². The molecule has 0 radical (unpaired) electrons. The molecular weight excluding hydrogens is 720 g/mol. The van der Waals surface area contributed by atoms with Crippen molar-refractivity contribution in [1.29, 1.82) is 0 Å². The number of epoxide rings is 1. The zero-order valence-corrected chi connectivity index (χ0v) is 32.4. The van der Waals surface area contributed by atoms with Gasteiger partial charge in [0.25, 0.3) is 0 Å². The quantitative estimate of drug-likeness (QED) is 0.101. The van der Waals surface area contributed by atoms with E-state index in [1.54, 1.807) is 52.8 Å². The van der Waals surface area contributed by atoms with Gasteiger partial charge in [0.2, 0.25) is 5.91 Å². The molecule has 51 heavy (non-hydrogen) atoms. The van der Waals surface area contributed by atoms with Gasteiger partial charge in [-0.1, -0.05) is 67.0 Å². The molecular formula is C36H49ClN2O10S2. The monoisotopic (exact) mass is 768 g/mol. The van der Waals surface area contributed by atoms with Gasteiger partial charge in [0.05, 0.1) is 18.0 Å². The molecule has 0 aromatic heterocycles. The summed E-state index contributed by atoms with van der Waals surface area (Å²) in [5, 5.41) is 35.5. The number of allylic oxidation sites excluding steroid dienone is 3. The second-order valence-electron chi connectivity index (χ2n) is 14.4. The number of hydrogen-bond donors (Lipinski definition) is 5. The lowest BCUT2D eigenvalue weighted by molar-refractivity contribution is -0.160. The summed E-state index contributed by atoms with van der Waals surface area (Å²) in [7, 11) is 2.77. The van der Waals surface area contributed by atoms with E-state index in [0.29, 0.717) is 24.2 Å². The van der Waals surface area contributed by atoms with Crippen molar-refractivity contribution >= 4 is 63.5 Å². The number of aromatic hydroxyl groups is 1. The van der Waals surface area contributed by atoms with Gasteiger partial charge in [0.1, 0.15) is 46.1 Å². The van der Waals surface area contributed by atoms with E-state index in [9.17, 15) is 34.5 Å². The highest BCUT2D eigenvalue weighted by molar-refractivity contribution is 8.68. The van der Waals surface area contributed by atoms with Gasteiger partial charge in [-0.25, -0.2) is 4.79 Å². The number of Topliss-reactive ketones (excluding diaryl/α,β-unsaturated/α-hetero) is 1. The number of nitrogens with zero attached hydrogens (tertiary/aromatic N) is 1. The van der Waals surface area contributed by atoms with Crippen molar-refractivity contribution in [1.82, 2.24) is 5.32 Å². The second-order valence-corrected chi connectivity index (χ2v) is 16.3. The van der Waals surface area contributed by atoms with Gasteiger partial charge in [-0.3, -0.25) is 19.7 Å². The zero-order chi connectivity index (χ0) is 38.1. The summed E-state index contributed by atoms with van der Waals surface area (Å²) in [5.41, 5.74) is -2.82. The maximum absolute atomic E-state index is 14.0. The maximum Gasteiger partial charge on any atom is 0.409 e. The first-order chi connectivity index (χ1) is 23.8. The molecule has 2 amide bonds. The van der Waals surface area contributed by atoms with Crippen LogP contribution in [-0.4, -0.2) is 87.1 Å². The molecule has 282 valence electrons. The van der Waals surface area contributed by atoms with Crippen molar-refractivity contribution < 1.29 is 48.7 Å². The minimum absolute atomic E-state index is 0.00330. The lowest BCUT2D eigenvalue weighted by Crippen LogP contribution is -2.63. The third kappa shape index (κ3) is 8.90. The Hall–Kier alpha value is -2.75. The minimum Gasteiger partial charge on any atom is -0.506 e. The van der Waals surface area contributed by atoms with E-state index in [1.807, 2.05) is 6.92 Å². The van der Waals surface area contributed by atoms with E-state index >= 15 is 0 Å². The molecule has 3 aliphatic rings. The topological polar surface area (TPSA) is 175 Å². The summed E-state index contributed by atoms with van der Waals surface area (Å²) < 4.78 is 18.1. The Kier molecular flexibility index (Phi) is 12.9. The van der Waals surface area contributed by atoms with Crippen LogP contribution in [0.4, 0.5) is 10.5 Å². The Labute approximate surface area is 313 Å². The van der Waals surface area contributed by atoms with Crippen molar-refractivity contribution in [3.63, 3.8) is 0 Å². The number of alkyl carbamates (subject to hydrolysis) is 1. The number of amides is 2. The SMILES string of the molecule is CC1=CC=CC(O)C2(O)CC(OC(=O)N2)C(C)C2(C)OC2(C)C(OC(=O)C(C)C(C)CC(=O)CCSS)CC(=O)N(C)c2cc(cc(O)c2Cl)C1. The van der Waals surface area contributed by atoms with Crippen LogP contribution in [0.3, 0.4) is 0 Å². The molecule has 12 nitrogen and oxygen atoms in total. The predicted molar refractivity (Wildman–Crippen MR) is 198 cm³/mol. The van der Waals surface area contributed by atoms with Crippen molar-refractivity contribution in [3.05, 3.63) is 46.5 Å². The Bertz CT molecular complexity index is 1590. The number of fused-ring (bicyclic) bond motifs is 5. The normalized spacial score (nSPS) is 32.5. The first-order valence-electron chi connectivity index (χ1n) is 17.0. The lowest BCUT2D eigenvalue weighted by atomic mass is 9.76. The Balaban J connectivity index is 1.74. The first-order valence-corrected chi connectivity index (χ1v) is 19.4. The highest BCUT2D eigenvalue weighted by Crippen LogP contribution is 2.58. The number of ether oxygens (including phenoxy) is 3.